The van der Waals surface area contributed by atoms with Gasteiger partial charge in [0.2, 0.25) is 0 Å². The van der Waals surface area contributed by atoms with Crippen molar-refractivity contribution in [2.45, 2.75) is 51.4 Å². The number of hydrogen-bond acceptors (Lipinski definition) is 12. The lowest BCUT2D eigenvalue weighted by atomic mass is 9.80. The van der Waals surface area contributed by atoms with Crippen LogP contribution < -0.4 is 25.4 Å². The summed E-state index contributed by atoms with van der Waals surface area (Å²) in [6.45, 7) is 6.56. The van der Waals surface area contributed by atoms with Crippen LogP contribution in [0.3, 0.4) is 0 Å². The Morgan fingerprint density at radius 2 is 1.63 bits per heavy atom. The largest absolute Gasteiger partial charge is 0.492 e. The van der Waals surface area contributed by atoms with E-state index < -0.39 is 52.0 Å². The minimum Gasteiger partial charge on any atom is -0.492 e. The normalized spacial score (nSPS) is 15.0. The fourth-order valence-corrected chi connectivity index (χ4v) is 5.55. The first kappa shape index (κ1) is 41.2. The average Bonchev–Trinajstić information content (AvgIpc) is 3.14. The van der Waals surface area contributed by atoms with E-state index in [1.54, 1.807) is 24.3 Å². The zero-order valence-corrected chi connectivity index (χ0v) is 30.2. The Balaban J connectivity index is 1.31. The van der Waals surface area contributed by atoms with Gasteiger partial charge in [0.1, 0.15) is 36.5 Å². The Hall–Kier alpha value is -5.61. The fraction of sp³-hybridized carbons (Fsp3) is 0.368. The molecule has 290 valence electrons. The van der Waals surface area contributed by atoms with Gasteiger partial charge in [-0.3, -0.25) is 10.1 Å². The minimum absolute atomic E-state index is 0.102. The third-order valence-electron chi connectivity index (χ3n) is 8.19. The topological polar surface area (TPSA) is 171 Å². The van der Waals surface area contributed by atoms with E-state index in [4.69, 9.17) is 14.2 Å². The van der Waals surface area contributed by atoms with Crippen molar-refractivity contribution in [3.8, 4) is 11.5 Å². The molecule has 54 heavy (non-hydrogen) atoms. The molecule has 4 rings (SSSR count). The Morgan fingerprint density at radius 3 is 2.26 bits per heavy atom. The summed E-state index contributed by atoms with van der Waals surface area (Å²) in [7, 11) is 0.893. The highest BCUT2D eigenvalue weighted by Crippen LogP contribution is 2.44. The summed E-state index contributed by atoms with van der Waals surface area (Å²) in [6, 6.07) is 19.3. The first-order chi connectivity index (χ1) is 25.7. The number of ether oxygens (including phenoxy) is 4. The lowest BCUT2D eigenvalue weighted by Crippen LogP contribution is -2.38. The van der Waals surface area contributed by atoms with Crippen LogP contribution in [0.15, 0.2) is 95.3 Å². The average molecular weight is 757 g/mol. The van der Waals surface area contributed by atoms with E-state index in [-0.39, 0.29) is 42.5 Å². The number of nitro benzene ring substituents is 1. The molecule has 0 amide bonds. The first-order valence-electron chi connectivity index (χ1n) is 17.1. The number of dihydropyridines is 1. The van der Waals surface area contributed by atoms with Gasteiger partial charge in [0, 0.05) is 49.1 Å². The molecule has 0 fully saturated rings. The van der Waals surface area contributed by atoms with Gasteiger partial charge in [0.25, 0.3) is 5.69 Å². The molecule has 0 saturated heterocycles. The van der Waals surface area contributed by atoms with Gasteiger partial charge in [-0.1, -0.05) is 38.1 Å². The van der Waals surface area contributed by atoms with Gasteiger partial charge < -0.3 is 40.0 Å². The summed E-state index contributed by atoms with van der Waals surface area (Å²) in [5.41, 5.74) is -1.84. The highest BCUT2D eigenvalue weighted by atomic mass is 19.4. The van der Waals surface area contributed by atoms with Gasteiger partial charge in [-0.15, -0.1) is 0 Å². The molecule has 0 aromatic heterocycles. The molecule has 3 aromatic rings. The molecular formula is C38H43F3N4O9. The van der Waals surface area contributed by atoms with Crippen LogP contribution in [0.2, 0.25) is 0 Å². The van der Waals surface area contributed by atoms with Crippen molar-refractivity contribution in [3.05, 3.63) is 117 Å². The third-order valence-corrected chi connectivity index (χ3v) is 8.19. The van der Waals surface area contributed by atoms with Crippen LogP contribution in [0.4, 0.5) is 24.5 Å². The van der Waals surface area contributed by atoms with Crippen molar-refractivity contribution < 1.29 is 51.7 Å². The van der Waals surface area contributed by atoms with Gasteiger partial charge in [-0.05, 0) is 54.4 Å². The zero-order chi connectivity index (χ0) is 39.4. The Kier molecular flexibility index (Phi) is 14.4. The number of esters is 2. The molecule has 3 aromatic carbocycles. The van der Waals surface area contributed by atoms with E-state index in [0.29, 0.717) is 31.2 Å². The van der Waals surface area contributed by atoms with Crippen molar-refractivity contribution in [1.82, 2.24) is 10.6 Å². The Bertz CT molecular complexity index is 1830. The number of halogens is 3. The van der Waals surface area contributed by atoms with Crippen LogP contribution in [0.1, 0.15) is 37.8 Å². The standard InChI is InChI=1S/C38H43F3N4O9/c1-23(2)43-21-29(46)22-54-31-14-10-27(11-15-31)42-17-19-52-30-12-8-25(9-13-30)16-18-53-37(48)32-24(3)44-35(38(39,40)41)34(36(47)51-4)33(32)26-6-5-7-28(20-26)45(49)50/h5-15,20,23,29,33,42-44,46H,16-19,21-22H2,1-4H3. The highest BCUT2D eigenvalue weighted by Gasteiger charge is 2.47. The van der Waals surface area contributed by atoms with Gasteiger partial charge in [0.05, 0.1) is 35.7 Å². The summed E-state index contributed by atoms with van der Waals surface area (Å²) in [5.74, 6) is -2.82. The predicted molar refractivity (Wildman–Crippen MR) is 193 cm³/mol. The molecule has 0 radical (unpaired) electrons. The van der Waals surface area contributed by atoms with Crippen molar-refractivity contribution >= 4 is 23.3 Å². The zero-order valence-electron chi connectivity index (χ0n) is 30.2. The van der Waals surface area contributed by atoms with Crippen LogP contribution >= 0.6 is 0 Å². The number of anilines is 1. The number of alkyl halides is 3. The number of nitro groups is 1. The number of aliphatic hydroxyl groups is 1. The molecule has 16 heteroatoms. The first-order valence-corrected chi connectivity index (χ1v) is 17.1. The van der Waals surface area contributed by atoms with Crippen LogP contribution in [-0.4, -0.2) is 80.3 Å². The number of hydrogen-bond donors (Lipinski definition) is 4. The van der Waals surface area contributed by atoms with Gasteiger partial charge in [0.15, 0.2) is 0 Å². The van der Waals surface area contributed by atoms with E-state index in [2.05, 4.69) is 20.7 Å². The number of rotatable bonds is 18. The Labute approximate surface area is 310 Å². The molecule has 1 aliphatic rings. The van der Waals surface area contributed by atoms with E-state index in [9.17, 15) is 38.0 Å². The van der Waals surface area contributed by atoms with Gasteiger partial charge >= 0.3 is 18.1 Å². The van der Waals surface area contributed by atoms with E-state index in [0.717, 1.165) is 30.5 Å². The van der Waals surface area contributed by atoms with Crippen LogP contribution in [0, 0.1) is 10.1 Å². The van der Waals surface area contributed by atoms with E-state index in [1.165, 1.54) is 19.1 Å². The van der Waals surface area contributed by atoms with Crippen LogP contribution in [0.5, 0.6) is 11.5 Å². The number of nitrogens with zero attached hydrogens (tertiary/aromatic N) is 1. The molecule has 0 bridgehead atoms. The number of carbonyl (C=O) groups is 2. The third kappa shape index (κ3) is 11.4. The second-order valence-electron chi connectivity index (χ2n) is 12.6. The predicted octanol–water partition coefficient (Wildman–Crippen LogP) is 5.56. The SMILES string of the molecule is COC(=O)C1=C(C(F)(F)F)NC(C)=C(C(=O)OCCc2ccc(OCCNc3ccc(OCC(O)CNC(C)C)cc3)cc2)C1c1cccc([N+](=O)[O-])c1. The number of aliphatic hydroxyl groups excluding tert-OH is 1. The molecular weight excluding hydrogens is 713 g/mol. The number of nitrogens with one attached hydrogen (secondary N) is 3. The monoisotopic (exact) mass is 756 g/mol. The van der Waals surface area contributed by atoms with Gasteiger partial charge in [-0.25, -0.2) is 9.59 Å². The molecule has 4 N–H and O–H groups in total. The molecule has 1 aliphatic heterocycles. The summed E-state index contributed by atoms with van der Waals surface area (Å²) in [6.07, 6.45) is -5.42. The lowest BCUT2D eigenvalue weighted by molar-refractivity contribution is -0.384. The van der Waals surface area contributed by atoms with E-state index >= 15 is 0 Å². The van der Waals surface area contributed by atoms with Gasteiger partial charge in [-0.2, -0.15) is 13.2 Å². The molecule has 1 heterocycles. The number of carbonyl (C=O) groups excluding carboxylic acids is 2. The second kappa shape index (κ2) is 18.9. The maximum atomic E-state index is 14.1. The quantitative estimate of drug-likeness (QED) is 0.0553. The van der Waals surface area contributed by atoms with Crippen molar-refractivity contribution in [1.29, 1.82) is 0 Å². The van der Waals surface area contributed by atoms with Crippen molar-refractivity contribution in [2.75, 3.05) is 45.3 Å². The summed E-state index contributed by atoms with van der Waals surface area (Å²) >= 11 is 0. The Morgan fingerprint density at radius 1 is 0.963 bits per heavy atom. The van der Waals surface area contributed by atoms with E-state index in [1.807, 2.05) is 38.1 Å². The molecule has 0 spiro atoms. The molecule has 2 unspecified atom stereocenters. The molecule has 13 nitrogen and oxygen atoms in total. The molecule has 2 atom stereocenters. The fourth-order valence-electron chi connectivity index (χ4n) is 5.55. The maximum Gasteiger partial charge on any atom is 0.431 e. The number of non-ortho nitro benzene ring substituents is 1. The highest BCUT2D eigenvalue weighted by molar-refractivity contribution is 6.00. The summed E-state index contributed by atoms with van der Waals surface area (Å²) in [5, 5.41) is 30.0. The smallest absolute Gasteiger partial charge is 0.431 e. The van der Waals surface area contributed by atoms with Crippen molar-refractivity contribution in [2.24, 2.45) is 0 Å². The van der Waals surface area contributed by atoms with Crippen LogP contribution in [0.25, 0.3) is 0 Å². The molecule has 0 aliphatic carbocycles. The summed E-state index contributed by atoms with van der Waals surface area (Å²) in [4.78, 5) is 37.0. The molecule has 0 saturated carbocycles. The second-order valence-corrected chi connectivity index (χ2v) is 12.6. The van der Waals surface area contributed by atoms with Crippen molar-refractivity contribution in [3.63, 3.8) is 0 Å². The van der Waals surface area contributed by atoms with Crippen LogP contribution in [-0.2, 0) is 25.5 Å². The number of methoxy groups -OCH3 is 1. The summed E-state index contributed by atoms with van der Waals surface area (Å²) < 4.78 is 64.0. The minimum atomic E-state index is -5.05. The maximum absolute atomic E-state index is 14.1. The lowest BCUT2D eigenvalue weighted by Gasteiger charge is -2.31. The number of benzene rings is 3. The number of allylic oxidation sites excluding steroid dienone is 2.